The largest absolute Gasteiger partial charge is 0.457 e. The Morgan fingerprint density at radius 2 is 0.923 bits per heavy atom. The fourth-order valence-corrected chi connectivity index (χ4v) is 5.60. The summed E-state index contributed by atoms with van der Waals surface area (Å²) in [6, 6.07) is 34.9. The third-order valence-electron chi connectivity index (χ3n) is 7.75. The lowest BCUT2D eigenvalue weighted by molar-refractivity contribution is 0.472. The molecule has 5 heteroatoms. The predicted molar refractivity (Wildman–Crippen MR) is 162 cm³/mol. The highest BCUT2D eigenvalue weighted by Crippen LogP contribution is 2.35. The van der Waals surface area contributed by atoms with Crippen molar-refractivity contribution in [3.8, 4) is 11.5 Å². The van der Waals surface area contributed by atoms with Gasteiger partial charge in [-0.3, -0.25) is 0 Å². The Bertz CT molecular complexity index is 1240. The molecule has 6 rings (SSSR count). The summed E-state index contributed by atoms with van der Waals surface area (Å²) < 4.78 is 6.81. The second-order valence-corrected chi connectivity index (χ2v) is 10.5. The van der Waals surface area contributed by atoms with Gasteiger partial charge < -0.3 is 25.2 Å². The number of hydrogen-bond acceptors (Lipinski definition) is 5. The second-order valence-electron chi connectivity index (χ2n) is 10.5. The van der Waals surface area contributed by atoms with E-state index in [1.165, 1.54) is 33.6 Å². The summed E-state index contributed by atoms with van der Waals surface area (Å²) in [6.45, 7) is 8.20. The molecule has 4 aromatic rings. The fourth-order valence-electron chi connectivity index (χ4n) is 5.60. The fraction of sp³-hybridized carbons (Fsp3) is 0.294. The normalized spacial score (nSPS) is 15.8. The average molecular weight is 519 g/mol. The quantitative estimate of drug-likeness (QED) is 0.323. The average Bonchev–Trinajstić information content (AvgIpc) is 3.01. The zero-order valence-electron chi connectivity index (χ0n) is 22.6. The topological polar surface area (TPSA) is 39.8 Å². The SMILES string of the molecule is c1ccc(Cc2cc(N3CCNCC3)ccc2Oc2ccc(N3CCNCC3)cc2Cc2ccccc2)cc1. The highest BCUT2D eigenvalue weighted by atomic mass is 16.5. The molecule has 0 bridgehead atoms. The molecule has 5 nitrogen and oxygen atoms in total. The van der Waals surface area contributed by atoms with Crippen LogP contribution in [0.4, 0.5) is 11.4 Å². The molecular formula is C34H38N4O. The number of piperazine rings is 2. The second kappa shape index (κ2) is 12.4. The molecule has 4 aromatic carbocycles. The smallest absolute Gasteiger partial charge is 0.131 e. The zero-order chi connectivity index (χ0) is 26.3. The van der Waals surface area contributed by atoms with Crippen LogP contribution < -0.4 is 25.2 Å². The number of nitrogens with zero attached hydrogens (tertiary/aromatic N) is 2. The molecule has 0 amide bonds. The minimum Gasteiger partial charge on any atom is -0.457 e. The molecule has 2 aliphatic heterocycles. The zero-order valence-corrected chi connectivity index (χ0v) is 22.6. The van der Waals surface area contributed by atoms with Gasteiger partial charge in [-0.1, -0.05) is 60.7 Å². The van der Waals surface area contributed by atoms with Crippen molar-refractivity contribution >= 4 is 11.4 Å². The van der Waals surface area contributed by atoms with Crippen molar-refractivity contribution in [2.45, 2.75) is 12.8 Å². The Labute approximate surface area is 232 Å². The van der Waals surface area contributed by atoms with Crippen LogP contribution in [0.1, 0.15) is 22.3 Å². The molecular weight excluding hydrogens is 480 g/mol. The van der Waals surface area contributed by atoms with Crippen LogP contribution in [-0.2, 0) is 12.8 Å². The summed E-state index contributed by atoms with van der Waals surface area (Å²) in [5.41, 5.74) is 7.56. The first-order valence-corrected chi connectivity index (χ1v) is 14.2. The van der Waals surface area contributed by atoms with Crippen molar-refractivity contribution < 1.29 is 4.74 Å². The monoisotopic (exact) mass is 518 g/mol. The minimum atomic E-state index is 0.836. The van der Waals surface area contributed by atoms with Crippen LogP contribution in [0.2, 0.25) is 0 Å². The molecule has 0 spiro atoms. The molecule has 2 heterocycles. The van der Waals surface area contributed by atoms with E-state index in [-0.39, 0.29) is 0 Å². The maximum absolute atomic E-state index is 6.81. The molecule has 0 saturated carbocycles. The van der Waals surface area contributed by atoms with Crippen LogP contribution in [0.5, 0.6) is 11.5 Å². The molecule has 0 aromatic heterocycles. The molecule has 39 heavy (non-hydrogen) atoms. The third-order valence-corrected chi connectivity index (χ3v) is 7.75. The Balaban J connectivity index is 1.34. The molecule has 0 aliphatic carbocycles. The number of hydrogen-bond donors (Lipinski definition) is 2. The summed E-state index contributed by atoms with van der Waals surface area (Å²) >= 11 is 0. The van der Waals surface area contributed by atoms with Crippen LogP contribution in [-0.4, -0.2) is 52.4 Å². The Morgan fingerprint density at radius 3 is 1.33 bits per heavy atom. The van der Waals surface area contributed by atoms with Gasteiger partial charge in [-0.2, -0.15) is 0 Å². The van der Waals surface area contributed by atoms with Gasteiger partial charge in [0.1, 0.15) is 11.5 Å². The maximum atomic E-state index is 6.81. The number of nitrogens with one attached hydrogen (secondary N) is 2. The lowest BCUT2D eigenvalue weighted by atomic mass is 10.0. The van der Waals surface area contributed by atoms with E-state index >= 15 is 0 Å². The molecule has 0 radical (unpaired) electrons. The van der Waals surface area contributed by atoms with Crippen molar-refractivity contribution in [3.63, 3.8) is 0 Å². The minimum absolute atomic E-state index is 0.836. The summed E-state index contributed by atoms with van der Waals surface area (Å²) in [5.74, 6) is 1.86. The Kier molecular flexibility index (Phi) is 8.08. The first-order valence-electron chi connectivity index (χ1n) is 14.2. The van der Waals surface area contributed by atoms with Gasteiger partial charge in [0.2, 0.25) is 0 Å². The highest BCUT2D eigenvalue weighted by Gasteiger charge is 2.17. The van der Waals surface area contributed by atoms with Crippen molar-refractivity contribution in [1.29, 1.82) is 0 Å². The Hall–Kier alpha value is -3.80. The number of rotatable bonds is 8. The lowest BCUT2D eigenvalue weighted by Gasteiger charge is -2.30. The molecule has 200 valence electrons. The van der Waals surface area contributed by atoms with Gasteiger partial charge in [-0.15, -0.1) is 0 Å². The van der Waals surface area contributed by atoms with E-state index in [9.17, 15) is 0 Å². The van der Waals surface area contributed by atoms with Gasteiger partial charge in [0, 0.05) is 87.7 Å². The Morgan fingerprint density at radius 1 is 0.513 bits per heavy atom. The van der Waals surface area contributed by atoms with Crippen molar-refractivity contribution in [3.05, 3.63) is 119 Å². The molecule has 2 saturated heterocycles. The summed E-state index contributed by atoms with van der Waals surface area (Å²) in [7, 11) is 0. The van der Waals surface area contributed by atoms with Gasteiger partial charge in [0.25, 0.3) is 0 Å². The number of benzene rings is 4. The van der Waals surface area contributed by atoms with E-state index < -0.39 is 0 Å². The van der Waals surface area contributed by atoms with E-state index in [1.807, 2.05) is 0 Å². The number of anilines is 2. The molecule has 0 atom stereocenters. The first-order chi connectivity index (χ1) is 19.3. The van der Waals surface area contributed by atoms with Crippen LogP contribution in [0.3, 0.4) is 0 Å². The van der Waals surface area contributed by atoms with E-state index in [2.05, 4.69) is 117 Å². The summed E-state index contributed by atoms with van der Waals surface area (Å²) in [4.78, 5) is 4.94. The van der Waals surface area contributed by atoms with Crippen LogP contribution in [0.25, 0.3) is 0 Å². The summed E-state index contributed by atoms with van der Waals surface area (Å²) in [5, 5.41) is 6.93. The van der Waals surface area contributed by atoms with E-state index in [0.29, 0.717) is 0 Å². The van der Waals surface area contributed by atoms with Gasteiger partial charge >= 0.3 is 0 Å². The maximum Gasteiger partial charge on any atom is 0.131 e. The van der Waals surface area contributed by atoms with Crippen molar-refractivity contribution in [2.75, 3.05) is 62.2 Å². The number of ether oxygens (including phenoxy) is 1. The van der Waals surface area contributed by atoms with Crippen molar-refractivity contribution in [1.82, 2.24) is 10.6 Å². The van der Waals surface area contributed by atoms with Crippen LogP contribution in [0, 0.1) is 0 Å². The van der Waals surface area contributed by atoms with Crippen LogP contribution >= 0.6 is 0 Å². The van der Waals surface area contributed by atoms with Gasteiger partial charge in [0.05, 0.1) is 0 Å². The lowest BCUT2D eigenvalue weighted by Crippen LogP contribution is -2.43. The standard InChI is InChI=1S/C34H38N4O/c1-3-7-27(8-4-1)23-29-25-31(37-19-15-35-16-20-37)11-13-33(29)39-34-14-12-32(38-21-17-36-18-22-38)26-30(34)24-28-9-5-2-6-10-28/h1-14,25-26,35-36H,15-24H2. The van der Waals surface area contributed by atoms with Gasteiger partial charge in [-0.05, 0) is 47.5 Å². The predicted octanol–water partition coefficient (Wildman–Crippen LogP) is 5.48. The molecule has 0 unspecified atom stereocenters. The third kappa shape index (κ3) is 6.44. The van der Waals surface area contributed by atoms with E-state index in [4.69, 9.17) is 4.74 Å². The molecule has 2 fully saturated rings. The van der Waals surface area contributed by atoms with Gasteiger partial charge in [-0.25, -0.2) is 0 Å². The van der Waals surface area contributed by atoms with E-state index in [0.717, 1.165) is 76.7 Å². The molecule has 2 aliphatic rings. The highest BCUT2D eigenvalue weighted by molar-refractivity contribution is 5.58. The van der Waals surface area contributed by atoms with Crippen molar-refractivity contribution in [2.24, 2.45) is 0 Å². The van der Waals surface area contributed by atoms with E-state index in [1.54, 1.807) is 0 Å². The first kappa shape index (κ1) is 25.5. The van der Waals surface area contributed by atoms with Gasteiger partial charge in [0.15, 0.2) is 0 Å². The summed E-state index contributed by atoms with van der Waals surface area (Å²) in [6.07, 6.45) is 1.67. The van der Waals surface area contributed by atoms with Crippen LogP contribution in [0.15, 0.2) is 97.1 Å². The molecule has 2 N–H and O–H groups in total.